The predicted octanol–water partition coefficient (Wildman–Crippen LogP) is 3.78. The Balaban J connectivity index is 2.23. The van der Waals surface area contributed by atoms with Crippen LogP contribution in [0.3, 0.4) is 0 Å². The number of hydrogen-bond acceptors (Lipinski definition) is 2. The average molecular weight is 423 g/mol. The Kier molecular flexibility index (Phi) is 5.57. The van der Waals surface area contributed by atoms with Crippen LogP contribution in [0.1, 0.15) is 0 Å². The maximum absolute atomic E-state index is 2.91. The first-order valence-electron chi connectivity index (χ1n) is 7.74. The maximum atomic E-state index is 2.91. The normalized spacial score (nSPS) is 19.8. The van der Waals surface area contributed by atoms with Crippen molar-refractivity contribution in [2.24, 2.45) is 0 Å². The molecule has 0 spiro atoms. The van der Waals surface area contributed by atoms with Crippen molar-refractivity contribution in [2.45, 2.75) is 51.4 Å². The van der Waals surface area contributed by atoms with E-state index in [1.165, 1.54) is 0 Å². The van der Waals surface area contributed by atoms with Gasteiger partial charge < -0.3 is 0 Å². The molecular weight excluding hydrogens is 395 g/mol. The summed E-state index contributed by atoms with van der Waals surface area (Å²) in [6.07, 6.45) is 18.4. The quantitative estimate of drug-likeness (QED) is 0.600. The van der Waals surface area contributed by atoms with E-state index in [2.05, 4.69) is 93.5 Å². The first kappa shape index (κ1) is 17.5. The van der Waals surface area contributed by atoms with Gasteiger partial charge in [-0.2, -0.15) is 0 Å². The van der Waals surface area contributed by atoms with E-state index in [0.29, 0.717) is 12.1 Å². The number of hydrogen-bond donors (Lipinski definition) is 0. The van der Waals surface area contributed by atoms with Gasteiger partial charge in [0.05, 0.1) is 0 Å². The Morgan fingerprint density at radius 1 is 0.619 bits per heavy atom. The molecule has 2 nitrogen and oxygen atoms in total. The Morgan fingerprint density at radius 3 is 1.14 bits per heavy atom. The van der Waals surface area contributed by atoms with Crippen LogP contribution in [-0.4, -0.2) is 55.8 Å². The minimum atomic E-state index is -1.31. The van der Waals surface area contributed by atoms with E-state index in [1.807, 2.05) is 0 Å². The molecule has 0 unspecified atom stereocenters. The SMILES string of the molecule is C[Si](C)(C)[N]([Sn][N](C1C=CC=C1)[Si](C)(C)C)C1C=CC=C1. The van der Waals surface area contributed by atoms with Crippen LogP contribution < -0.4 is 0 Å². The molecule has 21 heavy (non-hydrogen) atoms. The van der Waals surface area contributed by atoms with Crippen LogP contribution in [-0.2, 0) is 0 Å². The molecule has 0 aromatic heterocycles. The van der Waals surface area contributed by atoms with Crippen LogP contribution in [0.4, 0.5) is 0 Å². The number of rotatable bonds is 6. The first-order chi connectivity index (χ1) is 9.69. The third kappa shape index (κ3) is 4.54. The van der Waals surface area contributed by atoms with Crippen LogP contribution in [0, 0.1) is 0 Å². The van der Waals surface area contributed by atoms with Crippen molar-refractivity contribution in [1.82, 2.24) is 5.57 Å². The fourth-order valence-electron chi connectivity index (χ4n) is 2.63. The minimum absolute atomic E-state index is 0.552. The van der Waals surface area contributed by atoms with Crippen molar-refractivity contribution in [3.8, 4) is 0 Å². The van der Waals surface area contributed by atoms with Gasteiger partial charge in [-0.3, -0.25) is 0 Å². The molecular formula is C16H28N2Si2Sn. The van der Waals surface area contributed by atoms with Gasteiger partial charge in [0.2, 0.25) is 0 Å². The third-order valence-corrected chi connectivity index (χ3v) is 23.0. The van der Waals surface area contributed by atoms with Crippen molar-refractivity contribution in [2.75, 3.05) is 0 Å². The summed E-state index contributed by atoms with van der Waals surface area (Å²) in [5.41, 5.74) is 0. The van der Waals surface area contributed by atoms with Crippen molar-refractivity contribution >= 4 is 38.2 Å². The summed E-state index contributed by atoms with van der Waals surface area (Å²) in [6, 6.07) is 1.10. The van der Waals surface area contributed by atoms with Crippen molar-refractivity contribution in [3.05, 3.63) is 48.6 Å². The summed E-state index contributed by atoms with van der Waals surface area (Å²) in [7, 11) is -2.61. The molecule has 0 aromatic carbocycles. The van der Waals surface area contributed by atoms with E-state index in [0.717, 1.165) is 0 Å². The average Bonchev–Trinajstić information content (AvgIpc) is 2.96. The zero-order chi connectivity index (χ0) is 15.7. The second-order valence-corrected chi connectivity index (χ2v) is 23.2. The molecule has 0 atom stereocenters. The third-order valence-electron chi connectivity index (χ3n) is 3.71. The molecule has 0 aliphatic heterocycles. The van der Waals surface area contributed by atoms with Crippen molar-refractivity contribution in [1.29, 1.82) is 0 Å². The number of nitrogens with zero attached hydrogens (tertiary/aromatic N) is 2. The second-order valence-electron chi connectivity index (χ2n) is 7.70. The van der Waals surface area contributed by atoms with E-state index < -0.39 is 38.2 Å². The Morgan fingerprint density at radius 2 is 0.905 bits per heavy atom. The van der Waals surface area contributed by atoms with Gasteiger partial charge in [0.25, 0.3) is 0 Å². The van der Waals surface area contributed by atoms with E-state index in [-0.39, 0.29) is 0 Å². The van der Waals surface area contributed by atoms with Crippen LogP contribution in [0.5, 0.6) is 0 Å². The number of allylic oxidation sites excluding steroid dienone is 4. The van der Waals surface area contributed by atoms with Gasteiger partial charge in [-0.15, -0.1) is 0 Å². The standard InChI is InChI=1S/2C8H14NSi.Sn/c2*1-10(2,3)9-8-6-4-5-7-8;/h2*4-8H,1-3H3;/q2*-1;+2. The summed E-state index contributed by atoms with van der Waals surface area (Å²) >= 11 is -0.782. The van der Waals surface area contributed by atoms with E-state index in [1.54, 1.807) is 0 Å². The molecule has 0 bridgehead atoms. The van der Waals surface area contributed by atoms with Gasteiger partial charge >= 0.3 is 144 Å². The monoisotopic (exact) mass is 424 g/mol. The molecule has 2 rings (SSSR count). The molecule has 2 radical (unpaired) electrons. The van der Waals surface area contributed by atoms with E-state index in [9.17, 15) is 0 Å². The Labute approximate surface area is 143 Å². The van der Waals surface area contributed by atoms with Gasteiger partial charge in [-0.05, 0) is 0 Å². The van der Waals surface area contributed by atoms with Crippen LogP contribution in [0.25, 0.3) is 0 Å². The first-order valence-corrected chi connectivity index (χ1v) is 17.2. The fourth-order valence-corrected chi connectivity index (χ4v) is 15.0. The zero-order valence-electron chi connectivity index (χ0n) is 14.2. The van der Waals surface area contributed by atoms with Crippen molar-refractivity contribution in [3.63, 3.8) is 0 Å². The summed E-state index contributed by atoms with van der Waals surface area (Å²) in [6.45, 7) is 15.0. The zero-order valence-corrected chi connectivity index (χ0v) is 19.0. The second kappa shape index (κ2) is 6.70. The summed E-state index contributed by atoms with van der Waals surface area (Å²) in [4.78, 5) is 0. The Hall–Kier alpha value is 0.112. The molecule has 2 aliphatic rings. The van der Waals surface area contributed by atoms with Crippen LogP contribution in [0.15, 0.2) is 48.6 Å². The molecule has 114 valence electrons. The van der Waals surface area contributed by atoms with Gasteiger partial charge in [0.1, 0.15) is 0 Å². The molecule has 0 heterocycles. The summed E-state index contributed by atoms with van der Waals surface area (Å²) in [5.74, 6) is 0. The van der Waals surface area contributed by atoms with Crippen molar-refractivity contribution < 1.29 is 0 Å². The van der Waals surface area contributed by atoms with Gasteiger partial charge in [0.15, 0.2) is 0 Å². The van der Waals surface area contributed by atoms with Crippen LogP contribution in [0.2, 0.25) is 39.3 Å². The molecule has 0 saturated heterocycles. The van der Waals surface area contributed by atoms with Crippen LogP contribution >= 0.6 is 0 Å². The molecule has 0 amide bonds. The molecule has 5 heteroatoms. The topological polar surface area (TPSA) is 6.48 Å². The van der Waals surface area contributed by atoms with Gasteiger partial charge in [-0.25, -0.2) is 0 Å². The predicted molar refractivity (Wildman–Crippen MR) is 100 cm³/mol. The summed E-state index contributed by atoms with van der Waals surface area (Å²) < 4.78 is 5.82. The summed E-state index contributed by atoms with van der Waals surface area (Å²) in [5, 5.41) is 0. The van der Waals surface area contributed by atoms with Gasteiger partial charge in [-0.1, -0.05) is 0 Å². The molecule has 0 fully saturated rings. The molecule has 2 aliphatic carbocycles. The molecule has 0 N–H and O–H groups in total. The molecule has 0 saturated carbocycles. The van der Waals surface area contributed by atoms with E-state index in [4.69, 9.17) is 0 Å². The van der Waals surface area contributed by atoms with Gasteiger partial charge in [0, 0.05) is 0 Å². The molecule has 0 aromatic rings. The van der Waals surface area contributed by atoms with E-state index >= 15 is 0 Å². The fraction of sp³-hybridized carbons (Fsp3) is 0.500. The Bertz CT molecular complexity index is 415.